The highest BCUT2D eigenvalue weighted by Crippen LogP contribution is 2.27. The molecule has 1 saturated heterocycles. The summed E-state index contributed by atoms with van der Waals surface area (Å²) in [7, 11) is 0. The van der Waals surface area contributed by atoms with Crippen LogP contribution in [0.2, 0.25) is 0 Å². The zero-order valence-electron chi connectivity index (χ0n) is 11.0. The standard InChI is InChI=1S/C14H20BrN3O/c15-11-6-7-12(14(16)17-19)13(10-11)18-8-4-2-1-3-5-9-18/h6-7,10,19H,1-5,8-9H2,(H2,16,17). The zero-order valence-corrected chi connectivity index (χ0v) is 12.6. The predicted molar refractivity (Wildman–Crippen MR) is 82.0 cm³/mol. The zero-order chi connectivity index (χ0) is 13.7. The molecule has 1 heterocycles. The second-order valence-corrected chi connectivity index (χ2v) is 5.82. The molecule has 3 N–H and O–H groups in total. The van der Waals surface area contributed by atoms with Gasteiger partial charge in [0.05, 0.1) is 0 Å². The van der Waals surface area contributed by atoms with Crippen LogP contribution in [0.3, 0.4) is 0 Å². The maximum Gasteiger partial charge on any atom is 0.172 e. The Kier molecular flexibility index (Phi) is 5.07. The molecule has 1 aliphatic heterocycles. The van der Waals surface area contributed by atoms with Gasteiger partial charge in [-0.15, -0.1) is 0 Å². The molecule has 4 nitrogen and oxygen atoms in total. The topological polar surface area (TPSA) is 61.9 Å². The van der Waals surface area contributed by atoms with Crippen LogP contribution in [-0.4, -0.2) is 24.1 Å². The average Bonchev–Trinajstić information content (AvgIpc) is 2.37. The highest BCUT2D eigenvalue weighted by atomic mass is 79.9. The highest BCUT2D eigenvalue weighted by Gasteiger charge is 2.15. The maximum atomic E-state index is 8.91. The van der Waals surface area contributed by atoms with Crippen molar-refractivity contribution in [3.8, 4) is 0 Å². The molecule has 0 amide bonds. The Balaban J connectivity index is 2.32. The summed E-state index contributed by atoms with van der Waals surface area (Å²) in [6.07, 6.45) is 6.29. The van der Waals surface area contributed by atoms with Gasteiger partial charge in [-0.05, 0) is 31.0 Å². The van der Waals surface area contributed by atoms with Crippen molar-refractivity contribution >= 4 is 27.5 Å². The van der Waals surface area contributed by atoms with Crippen LogP contribution in [0, 0.1) is 0 Å². The molecule has 0 aromatic heterocycles. The molecule has 1 aromatic carbocycles. The molecule has 1 fully saturated rings. The SMILES string of the molecule is N/C(=N/O)c1ccc(Br)cc1N1CCCCCCC1. The average molecular weight is 326 g/mol. The number of amidine groups is 1. The van der Waals surface area contributed by atoms with Gasteiger partial charge >= 0.3 is 0 Å². The Labute approximate surface area is 122 Å². The van der Waals surface area contributed by atoms with Gasteiger partial charge in [0.15, 0.2) is 5.84 Å². The van der Waals surface area contributed by atoms with Gasteiger partial charge in [0.25, 0.3) is 0 Å². The first-order chi connectivity index (χ1) is 9.22. The summed E-state index contributed by atoms with van der Waals surface area (Å²) in [6, 6.07) is 5.86. The van der Waals surface area contributed by atoms with E-state index in [0.717, 1.165) is 28.8 Å². The molecular weight excluding hydrogens is 306 g/mol. The first kappa shape index (κ1) is 14.2. The van der Waals surface area contributed by atoms with Gasteiger partial charge in [0.1, 0.15) is 0 Å². The molecule has 0 radical (unpaired) electrons. The third-order valence-corrected chi connectivity index (χ3v) is 4.03. The molecular formula is C14H20BrN3O. The van der Waals surface area contributed by atoms with E-state index in [0.29, 0.717) is 0 Å². The van der Waals surface area contributed by atoms with E-state index < -0.39 is 0 Å². The van der Waals surface area contributed by atoms with Gasteiger partial charge in [0, 0.05) is 28.8 Å². The minimum Gasteiger partial charge on any atom is -0.409 e. The lowest BCUT2D eigenvalue weighted by molar-refractivity contribution is 0.318. The number of nitrogens with zero attached hydrogens (tertiary/aromatic N) is 2. The summed E-state index contributed by atoms with van der Waals surface area (Å²) >= 11 is 3.50. The summed E-state index contributed by atoms with van der Waals surface area (Å²) in [5, 5.41) is 12.1. The monoisotopic (exact) mass is 325 g/mol. The number of rotatable bonds is 2. The Morgan fingerprint density at radius 3 is 2.42 bits per heavy atom. The number of halogens is 1. The minimum absolute atomic E-state index is 0.171. The summed E-state index contributed by atoms with van der Waals surface area (Å²) < 4.78 is 1.01. The summed E-state index contributed by atoms with van der Waals surface area (Å²) in [5.41, 5.74) is 7.63. The van der Waals surface area contributed by atoms with Gasteiger partial charge in [0.2, 0.25) is 0 Å². The van der Waals surface area contributed by atoms with Crippen molar-refractivity contribution in [2.75, 3.05) is 18.0 Å². The molecule has 1 aromatic rings. The van der Waals surface area contributed by atoms with E-state index in [9.17, 15) is 0 Å². The largest absolute Gasteiger partial charge is 0.409 e. The van der Waals surface area contributed by atoms with Crippen LogP contribution in [-0.2, 0) is 0 Å². The lowest BCUT2D eigenvalue weighted by Gasteiger charge is -2.28. The van der Waals surface area contributed by atoms with Crippen molar-refractivity contribution in [2.24, 2.45) is 10.9 Å². The molecule has 104 valence electrons. The fraction of sp³-hybridized carbons (Fsp3) is 0.500. The number of oxime groups is 1. The van der Waals surface area contributed by atoms with Crippen LogP contribution in [0.4, 0.5) is 5.69 Å². The van der Waals surface area contributed by atoms with Crippen LogP contribution >= 0.6 is 15.9 Å². The maximum absolute atomic E-state index is 8.91. The fourth-order valence-electron chi connectivity index (χ4n) is 2.53. The summed E-state index contributed by atoms with van der Waals surface area (Å²) in [6.45, 7) is 2.06. The molecule has 0 aliphatic carbocycles. The molecule has 19 heavy (non-hydrogen) atoms. The molecule has 0 unspecified atom stereocenters. The molecule has 0 bridgehead atoms. The van der Waals surface area contributed by atoms with Crippen molar-refractivity contribution < 1.29 is 5.21 Å². The number of nitrogens with two attached hydrogens (primary N) is 1. The van der Waals surface area contributed by atoms with E-state index in [-0.39, 0.29) is 5.84 Å². The van der Waals surface area contributed by atoms with E-state index in [1.165, 1.54) is 32.1 Å². The molecule has 0 saturated carbocycles. The lowest BCUT2D eigenvalue weighted by Crippen LogP contribution is -2.29. The number of benzene rings is 1. The Morgan fingerprint density at radius 2 is 1.79 bits per heavy atom. The second kappa shape index (κ2) is 6.80. The first-order valence-corrected chi connectivity index (χ1v) is 7.54. The molecule has 0 spiro atoms. The van der Waals surface area contributed by atoms with Gasteiger partial charge < -0.3 is 15.8 Å². The van der Waals surface area contributed by atoms with E-state index in [1.54, 1.807) is 0 Å². The van der Waals surface area contributed by atoms with E-state index in [4.69, 9.17) is 10.9 Å². The molecule has 1 aliphatic rings. The molecule has 2 rings (SSSR count). The van der Waals surface area contributed by atoms with Crippen LogP contribution in [0.1, 0.15) is 37.7 Å². The Morgan fingerprint density at radius 1 is 1.16 bits per heavy atom. The van der Waals surface area contributed by atoms with Crippen LogP contribution in [0.15, 0.2) is 27.8 Å². The Bertz CT molecular complexity index is 454. The first-order valence-electron chi connectivity index (χ1n) is 6.75. The molecule has 0 atom stereocenters. The highest BCUT2D eigenvalue weighted by molar-refractivity contribution is 9.10. The summed E-state index contributed by atoms with van der Waals surface area (Å²) in [4.78, 5) is 2.34. The number of hydrogen-bond donors (Lipinski definition) is 2. The van der Waals surface area contributed by atoms with Crippen LogP contribution in [0.5, 0.6) is 0 Å². The van der Waals surface area contributed by atoms with Crippen LogP contribution < -0.4 is 10.6 Å². The summed E-state index contributed by atoms with van der Waals surface area (Å²) in [5.74, 6) is 0.171. The van der Waals surface area contributed by atoms with Gasteiger partial charge in [-0.25, -0.2) is 0 Å². The van der Waals surface area contributed by atoms with E-state index in [2.05, 4.69) is 32.1 Å². The molecule has 5 heteroatoms. The Hall–Kier alpha value is -1.23. The number of anilines is 1. The van der Waals surface area contributed by atoms with E-state index >= 15 is 0 Å². The third kappa shape index (κ3) is 3.62. The van der Waals surface area contributed by atoms with Crippen molar-refractivity contribution in [1.82, 2.24) is 0 Å². The van der Waals surface area contributed by atoms with Gasteiger partial charge in [-0.2, -0.15) is 0 Å². The smallest absolute Gasteiger partial charge is 0.172 e. The van der Waals surface area contributed by atoms with Gasteiger partial charge in [-0.1, -0.05) is 40.3 Å². The fourth-order valence-corrected chi connectivity index (χ4v) is 2.87. The van der Waals surface area contributed by atoms with Crippen LogP contribution in [0.25, 0.3) is 0 Å². The van der Waals surface area contributed by atoms with Gasteiger partial charge in [-0.3, -0.25) is 0 Å². The third-order valence-electron chi connectivity index (χ3n) is 3.54. The van der Waals surface area contributed by atoms with E-state index in [1.807, 2.05) is 12.1 Å². The van der Waals surface area contributed by atoms with Crippen molar-refractivity contribution in [3.63, 3.8) is 0 Å². The normalized spacial score (nSPS) is 17.9. The van der Waals surface area contributed by atoms with Crippen molar-refractivity contribution in [1.29, 1.82) is 0 Å². The second-order valence-electron chi connectivity index (χ2n) is 4.90. The van der Waals surface area contributed by atoms with Crippen molar-refractivity contribution in [2.45, 2.75) is 32.1 Å². The lowest BCUT2D eigenvalue weighted by atomic mass is 10.1. The number of hydrogen-bond acceptors (Lipinski definition) is 3. The predicted octanol–water partition coefficient (Wildman–Crippen LogP) is 3.31. The minimum atomic E-state index is 0.171. The quantitative estimate of drug-likeness (QED) is 0.379. The van der Waals surface area contributed by atoms with Crippen molar-refractivity contribution in [3.05, 3.63) is 28.2 Å².